The van der Waals surface area contributed by atoms with Gasteiger partial charge in [0.25, 0.3) is 0 Å². The number of esters is 1. The van der Waals surface area contributed by atoms with Crippen LogP contribution >= 0.6 is 15.9 Å². The molecule has 0 amide bonds. The molecule has 4 heteroatoms. The van der Waals surface area contributed by atoms with Crippen molar-refractivity contribution in [2.75, 3.05) is 6.61 Å². The molecule has 0 aliphatic carbocycles. The second kappa shape index (κ2) is 4.29. The van der Waals surface area contributed by atoms with Gasteiger partial charge in [-0.3, -0.25) is 0 Å². The van der Waals surface area contributed by atoms with Crippen molar-refractivity contribution in [2.24, 2.45) is 0 Å². The second-order valence-corrected chi connectivity index (χ2v) is 4.45. The lowest BCUT2D eigenvalue weighted by Crippen LogP contribution is -2.04. The Morgan fingerprint density at radius 1 is 1.44 bits per heavy atom. The van der Waals surface area contributed by atoms with Crippen LogP contribution < -0.4 is 0 Å². The molecule has 0 radical (unpaired) electrons. The van der Waals surface area contributed by atoms with Crippen LogP contribution in [0.25, 0.3) is 10.9 Å². The maximum Gasteiger partial charge on any atom is 0.338 e. The highest BCUT2D eigenvalue weighted by Gasteiger charge is 2.11. The van der Waals surface area contributed by atoms with E-state index in [9.17, 15) is 4.79 Å². The molecule has 16 heavy (non-hydrogen) atoms. The normalized spacial score (nSPS) is 10.7. The van der Waals surface area contributed by atoms with Gasteiger partial charge < -0.3 is 9.72 Å². The fraction of sp³-hybridized carbons (Fsp3) is 0.250. The van der Waals surface area contributed by atoms with Crippen LogP contribution in [0, 0.1) is 6.92 Å². The first-order valence-electron chi connectivity index (χ1n) is 5.08. The summed E-state index contributed by atoms with van der Waals surface area (Å²) in [6.07, 6.45) is 0. The highest BCUT2D eigenvalue weighted by molar-refractivity contribution is 9.10. The summed E-state index contributed by atoms with van der Waals surface area (Å²) in [4.78, 5) is 14.8. The molecule has 0 unspecified atom stereocenters. The van der Waals surface area contributed by atoms with E-state index in [4.69, 9.17) is 4.74 Å². The van der Waals surface area contributed by atoms with E-state index in [1.165, 1.54) is 0 Å². The molecule has 1 heterocycles. The number of H-pyrrole nitrogens is 1. The molecule has 84 valence electrons. The number of ether oxygens (including phenoxy) is 1. The lowest BCUT2D eigenvalue weighted by Gasteiger charge is -2.03. The molecule has 0 spiro atoms. The van der Waals surface area contributed by atoms with E-state index in [2.05, 4.69) is 20.9 Å². The van der Waals surface area contributed by atoms with Crippen molar-refractivity contribution in [3.63, 3.8) is 0 Å². The molecule has 0 aliphatic heterocycles. The van der Waals surface area contributed by atoms with Crippen molar-refractivity contribution in [2.45, 2.75) is 13.8 Å². The molecule has 0 fully saturated rings. The Labute approximate surface area is 102 Å². The molecule has 0 bridgehead atoms. The number of benzene rings is 1. The van der Waals surface area contributed by atoms with E-state index in [-0.39, 0.29) is 5.97 Å². The number of aromatic amines is 1. The van der Waals surface area contributed by atoms with E-state index < -0.39 is 0 Å². The van der Waals surface area contributed by atoms with Crippen LogP contribution in [0.4, 0.5) is 0 Å². The van der Waals surface area contributed by atoms with Crippen LogP contribution in [0.15, 0.2) is 22.7 Å². The van der Waals surface area contributed by atoms with Crippen LogP contribution in [0.2, 0.25) is 0 Å². The lowest BCUT2D eigenvalue weighted by molar-refractivity contribution is 0.0526. The molecular formula is C12H12BrNO2. The zero-order valence-corrected chi connectivity index (χ0v) is 10.7. The average Bonchev–Trinajstić information content (AvgIpc) is 2.59. The summed E-state index contributed by atoms with van der Waals surface area (Å²) in [7, 11) is 0. The number of fused-ring (bicyclic) bond motifs is 1. The van der Waals surface area contributed by atoms with Gasteiger partial charge in [0.2, 0.25) is 0 Å². The van der Waals surface area contributed by atoms with E-state index >= 15 is 0 Å². The zero-order valence-electron chi connectivity index (χ0n) is 9.13. The van der Waals surface area contributed by atoms with Crippen molar-refractivity contribution in [3.05, 3.63) is 33.9 Å². The number of carbonyl (C=O) groups excluding carboxylic acids is 1. The number of hydrogen-bond donors (Lipinski definition) is 1. The van der Waals surface area contributed by atoms with Crippen LogP contribution in [0.5, 0.6) is 0 Å². The molecular weight excluding hydrogens is 270 g/mol. The molecule has 2 rings (SSSR count). The van der Waals surface area contributed by atoms with Gasteiger partial charge in [-0.2, -0.15) is 0 Å². The molecule has 2 aromatic rings. The summed E-state index contributed by atoms with van der Waals surface area (Å²) >= 11 is 3.45. The summed E-state index contributed by atoms with van der Waals surface area (Å²) in [6, 6.07) is 5.63. The fourth-order valence-corrected chi connectivity index (χ4v) is 2.24. The van der Waals surface area contributed by atoms with Gasteiger partial charge in [-0.05, 0) is 32.0 Å². The largest absolute Gasteiger partial charge is 0.462 e. The minimum absolute atomic E-state index is 0.294. The van der Waals surface area contributed by atoms with Crippen molar-refractivity contribution in [1.82, 2.24) is 4.98 Å². The summed E-state index contributed by atoms with van der Waals surface area (Å²) in [5, 5.41) is 1.07. The number of rotatable bonds is 2. The van der Waals surface area contributed by atoms with Crippen molar-refractivity contribution >= 4 is 32.8 Å². The van der Waals surface area contributed by atoms with Gasteiger partial charge in [-0.1, -0.05) is 15.9 Å². The smallest absolute Gasteiger partial charge is 0.338 e. The predicted molar refractivity (Wildman–Crippen MR) is 66.7 cm³/mol. The van der Waals surface area contributed by atoms with Crippen LogP contribution in [-0.2, 0) is 4.74 Å². The van der Waals surface area contributed by atoms with Crippen LogP contribution in [0.3, 0.4) is 0 Å². The Hall–Kier alpha value is -1.29. The van der Waals surface area contributed by atoms with E-state index in [0.717, 1.165) is 21.1 Å². The molecule has 0 aliphatic rings. The second-order valence-electron chi connectivity index (χ2n) is 3.59. The monoisotopic (exact) mass is 281 g/mol. The molecule has 3 nitrogen and oxygen atoms in total. The number of aromatic nitrogens is 1. The van der Waals surface area contributed by atoms with Gasteiger partial charge >= 0.3 is 5.97 Å². The Balaban J connectivity index is 2.53. The first-order valence-corrected chi connectivity index (χ1v) is 5.87. The third kappa shape index (κ3) is 1.97. The fourth-order valence-electron chi connectivity index (χ4n) is 1.67. The molecule has 1 aromatic heterocycles. The lowest BCUT2D eigenvalue weighted by atomic mass is 10.1. The maximum absolute atomic E-state index is 11.6. The van der Waals surface area contributed by atoms with Gasteiger partial charge in [0.15, 0.2) is 0 Å². The topological polar surface area (TPSA) is 42.1 Å². The van der Waals surface area contributed by atoms with Gasteiger partial charge in [-0.25, -0.2) is 4.79 Å². The summed E-state index contributed by atoms with van der Waals surface area (Å²) in [5.41, 5.74) is 2.56. The maximum atomic E-state index is 11.6. The average molecular weight is 282 g/mol. The predicted octanol–water partition coefficient (Wildman–Crippen LogP) is 3.42. The van der Waals surface area contributed by atoms with Crippen LogP contribution in [-0.4, -0.2) is 17.6 Å². The van der Waals surface area contributed by atoms with Crippen molar-refractivity contribution in [1.29, 1.82) is 0 Å². The molecule has 0 atom stereocenters. The highest BCUT2D eigenvalue weighted by Crippen LogP contribution is 2.26. The van der Waals surface area contributed by atoms with E-state index in [1.807, 2.05) is 19.1 Å². The standard InChI is InChI=1S/C12H12BrNO2/c1-3-16-12(15)8-5-10(13)9-4-7(2)14-11(9)6-8/h4-6,14H,3H2,1-2H3. The quantitative estimate of drug-likeness (QED) is 0.857. The van der Waals surface area contributed by atoms with E-state index in [1.54, 1.807) is 13.0 Å². The molecule has 0 saturated heterocycles. The minimum atomic E-state index is -0.294. The van der Waals surface area contributed by atoms with Crippen LogP contribution in [0.1, 0.15) is 23.0 Å². The number of halogens is 1. The van der Waals surface area contributed by atoms with Gasteiger partial charge in [0, 0.05) is 21.1 Å². The Bertz CT molecular complexity index is 545. The third-order valence-corrected chi connectivity index (χ3v) is 2.99. The first kappa shape index (κ1) is 11.2. The minimum Gasteiger partial charge on any atom is -0.462 e. The number of aryl methyl sites for hydroxylation is 1. The van der Waals surface area contributed by atoms with Crippen molar-refractivity contribution < 1.29 is 9.53 Å². The summed E-state index contributed by atoms with van der Waals surface area (Å²) in [5.74, 6) is -0.294. The Morgan fingerprint density at radius 2 is 2.19 bits per heavy atom. The van der Waals surface area contributed by atoms with Gasteiger partial charge in [0.05, 0.1) is 12.2 Å². The highest BCUT2D eigenvalue weighted by atomic mass is 79.9. The summed E-state index contributed by atoms with van der Waals surface area (Å²) < 4.78 is 5.87. The Morgan fingerprint density at radius 3 is 2.88 bits per heavy atom. The molecule has 1 N–H and O–H groups in total. The SMILES string of the molecule is CCOC(=O)c1cc(Br)c2cc(C)[nH]c2c1. The first-order chi connectivity index (χ1) is 7.61. The Kier molecular flexibility index (Phi) is 3.01. The summed E-state index contributed by atoms with van der Waals surface area (Å²) in [6.45, 7) is 4.17. The number of carbonyl (C=O) groups is 1. The number of nitrogens with one attached hydrogen (secondary N) is 1. The van der Waals surface area contributed by atoms with E-state index in [0.29, 0.717) is 12.2 Å². The van der Waals surface area contributed by atoms with Crippen molar-refractivity contribution in [3.8, 4) is 0 Å². The van der Waals surface area contributed by atoms with Gasteiger partial charge in [0.1, 0.15) is 0 Å². The number of hydrogen-bond acceptors (Lipinski definition) is 2. The third-order valence-electron chi connectivity index (χ3n) is 2.33. The molecule has 1 aromatic carbocycles. The zero-order chi connectivity index (χ0) is 11.7. The molecule has 0 saturated carbocycles. The van der Waals surface area contributed by atoms with Gasteiger partial charge in [-0.15, -0.1) is 0 Å².